The van der Waals surface area contributed by atoms with Crippen LogP contribution in [0, 0.1) is 5.41 Å². The van der Waals surface area contributed by atoms with Crippen molar-refractivity contribution in [1.82, 2.24) is 15.3 Å². The van der Waals surface area contributed by atoms with Crippen molar-refractivity contribution >= 4 is 29.2 Å². The van der Waals surface area contributed by atoms with Crippen LogP contribution in [0.3, 0.4) is 0 Å². The van der Waals surface area contributed by atoms with E-state index in [4.69, 9.17) is 30.6 Å². The molecule has 0 saturated heterocycles. The van der Waals surface area contributed by atoms with Gasteiger partial charge in [-0.3, -0.25) is 4.79 Å². The monoisotopic (exact) mass is 470 g/mol. The van der Waals surface area contributed by atoms with E-state index in [1.54, 1.807) is 0 Å². The number of benzene rings is 2. The summed E-state index contributed by atoms with van der Waals surface area (Å²) in [5, 5.41) is 13.7. The number of carbonyl (C=O) groups excluding carboxylic acids is 1. The molecule has 1 fully saturated rings. The highest BCUT2D eigenvalue weighted by Gasteiger charge is 2.23. The first-order valence-corrected chi connectivity index (χ1v) is 11.4. The van der Waals surface area contributed by atoms with Crippen molar-refractivity contribution in [2.75, 3.05) is 11.9 Å². The molecule has 1 saturated carbocycles. The third kappa shape index (κ3) is 5.30. The molecule has 178 valence electrons. The summed E-state index contributed by atoms with van der Waals surface area (Å²) in [6.07, 6.45) is 4.71. The molecule has 0 atom stereocenters. The summed E-state index contributed by atoms with van der Waals surface area (Å²) in [5.41, 5.74) is 10.5. The van der Waals surface area contributed by atoms with Gasteiger partial charge in [-0.2, -0.15) is 0 Å². The molecule has 1 aromatic heterocycles. The average molecular weight is 471 g/mol. The van der Waals surface area contributed by atoms with Crippen LogP contribution in [0.15, 0.2) is 54.7 Å². The van der Waals surface area contributed by atoms with E-state index in [-0.39, 0.29) is 12.5 Å². The van der Waals surface area contributed by atoms with Gasteiger partial charge in [-0.05, 0) is 42.7 Å². The number of rotatable bonds is 9. The second-order valence-corrected chi connectivity index (χ2v) is 8.44. The first-order valence-electron chi connectivity index (χ1n) is 11.4. The number of ether oxygens (including phenoxy) is 2. The minimum atomic E-state index is -0.115. The number of amides is 1. The summed E-state index contributed by atoms with van der Waals surface area (Å²) < 4.78 is 11.3. The zero-order chi connectivity index (χ0) is 24.2. The molecule has 5 N–H and O–H groups in total. The third-order valence-electron chi connectivity index (χ3n) is 5.80. The number of nitrogens with two attached hydrogens (primary N) is 1. The van der Waals surface area contributed by atoms with Gasteiger partial charge in [0.15, 0.2) is 12.4 Å². The first kappa shape index (κ1) is 22.5. The second-order valence-electron chi connectivity index (χ2n) is 8.44. The van der Waals surface area contributed by atoms with E-state index in [0.29, 0.717) is 42.2 Å². The Morgan fingerprint density at radius 2 is 2.00 bits per heavy atom. The van der Waals surface area contributed by atoms with Crippen molar-refractivity contribution in [2.45, 2.75) is 32.1 Å². The highest BCUT2D eigenvalue weighted by Crippen LogP contribution is 2.31. The fourth-order valence-corrected chi connectivity index (χ4v) is 3.76. The second kappa shape index (κ2) is 9.94. The molecule has 9 nitrogen and oxygen atoms in total. The van der Waals surface area contributed by atoms with Gasteiger partial charge < -0.3 is 31.3 Å². The Morgan fingerprint density at radius 3 is 2.74 bits per heavy atom. The summed E-state index contributed by atoms with van der Waals surface area (Å²) in [6.45, 7) is 0.823. The zero-order valence-electron chi connectivity index (χ0n) is 19.1. The molecule has 0 unspecified atom stereocenters. The lowest BCUT2D eigenvalue weighted by Gasteiger charge is -2.13. The van der Waals surface area contributed by atoms with Gasteiger partial charge >= 0.3 is 0 Å². The van der Waals surface area contributed by atoms with Crippen LogP contribution in [-0.2, 0) is 22.7 Å². The lowest BCUT2D eigenvalue weighted by atomic mass is 10.1. The molecular formula is C26H26N6O3. The van der Waals surface area contributed by atoms with E-state index >= 15 is 0 Å². The van der Waals surface area contributed by atoms with Crippen LogP contribution in [0.1, 0.15) is 29.7 Å². The number of nitrogens with one attached hydrogen (secondary N) is 3. The summed E-state index contributed by atoms with van der Waals surface area (Å²) in [4.78, 5) is 21.4. The Bertz CT molecular complexity index is 1280. The lowest BCUT2D eigenvalue weighted by Crippen LogP contribution is -2.30. The standard InChI is InChI=1S/C26H26N6O3/c27-11-18(12-28)16-4-6-20(7-5-16)30-26-22-13-34-14-23(22)31-25(32-26)17-2-1-3-21(10-17)35-15-24(33)29-19-8-9-19/h1-7,10-12,19,27H,8-9,13-15,28H2,(H,29,33)(H,30,31,32)/b18-12+,27-11?. The Balaban J connectivity index is 1.36. The van der Waals surface area contributed by atoms with Gasteiger partial charge in [0.2, 0.25) is 0 Å². The van der Waals surface area contributed by atoms with Gasteiger partial charge in [-0.15, -0.1) is 0 Å². The molecule has 2 aliphatic rings. The number of anilines is 2. The van der Waals surface area contributed by atoms with Gasteiger partial charge in [-0.1, -0.05) is 24.3 Å². The van der Waals surface area contributed by atoms with Crippen molar-refractivity contribution in [1.29, 1.82) is 5.41 Å². The van der Waals surface area contributed by atoms with Crippen molar-refractivity contribution < 1.29 is 14.3 Å². The Labute approximate surface area is 202 Å². The molecule has 2 aromatic carbocycles. The number of hydrogen-bond donors (Lipinski definition) is 4. The zero-order valence-corrected chi connectivity index (χ0v) is 19.1. The minimum absolute atomic E-state index is 0.0271. The number of aromatic nitrogens is 2. The maximum absolute atomic E-state index is 12.0. The van der Waals surface area contributed by atoms with Crippen LogP contribution in [0.2, 0.25) is 0 Å². The first-order chi connectivity index (χ1) is 17.1. The number of hydrogen-bond acceptors (Lipinski definition) is 8. The predicted molar refractivity (Wildman–Crippen MR) is 133 cm³/mol. The van der Waals surface area contributed by atoms with Crippen molar-refractivity contribution in [3.63, 3.8) is 0 Å². The topological polar surface area (TPSA) is 135 Å². The van der Waals surface area contributed by atoms with Gasteiger partial charge in [0.1, 0.15) is 11.6 Å². The molecule has 1 aliphatic carbocycles. The SMILES string of the molecule is N=C/C(=C\N)c1ccc(Nc2nc(-c3cccc(OCC(=O)NC4CC4)c3)nc3c2COC3)cc1. The summed E-state index contributed by atoms with van der Waals surface area (Å²) >= 11 is 0. The maximum Gasteiger partial charge on any atom is 0.258 e. The smallest absolute Gasteiger partial charge is 0.258 e. The molecule has 5 rings (SSSR count). The highest BCUT2D eigenvalue weighted by molar-refractivity contribution is 6.08. The lowest BCUT2D eigenvalue weighted by molar-refractivity contribution is -0.123. The van der Waals surface area contributed by atoms with E-state index < -0.39 is 0 Å². The van der Waals surface area contributed by atoms with Gasteiger partial charge in [0.05, 0.1) is 18.9 Å². The van der Waals surface area contributed by atoms with E-state index in [1.807, 2.05) is 48.5 Å². The van der Waals surface area contributed by atoms with Crippen molar-refractivity contribution in [2.24, 2.45) is 5.73 Å². The van der Waals surface area contributed by atoms with Crippen LogP contribution in [0.5, 0.6) is 5.75 Å². The maximum atomic E-state index is 12.0. The summed E-state index contributed by atoms with van der Waals surface area (Å²) in [5.74, 6) is 1.68. The minimum Gasteiger partial charge on any atom is -0.484 e. The Kier molecular flexibility index (Phi) is 6.40. The van der Waals surface area contributed by atoms with Crippen LogP contribution in [0.25, 0.3) is 17.0 Å². The largest absolute Gasteiger partial charge is 0.484 e. The quantitative estimate of drug-likeness (QED) is 0.351. The van der Waals surface area contributed by atoms with Crippen LogP contribution < -0.4 is 21.1 Å². The van der Waals surface area contributed by atoms with Gasteiger partial charge in [0.25, 0.3) is 5.91 Å². The Morgan fingerprint density at radius 1 is 1.17 bits per heavy atom. The Hall–Kier alpha value is -4.24. The van der Waals surface area contributed by atoms with E-state index in [1.165, 1.54) is 12.4 Å². The molecule has 1 amide bonds. The van der Waals surface area contributed by atoms with E-state index in [0.717, 1.165) is 40.9 Å². The molecule has 35 heavy (non-hydrogen) atoms. The van der Waals surface area contributed by atoms with Crippen LogP contribution in [0.4, 0.5) is 11.5 Å². The third-order valence-corrected chi connectivity index (χ3v) is 5.80. The fraction of sp³-hybridized carbons (Fsp3) is 0.231. The molecular weight excluding hydrogens is 444 g/mol. The predicted octanol–water partition coefficient (Wildman–Crippen LogP) is 3.52. The molecule has 3 aromatic rings. The number of nitrogens with zero attached hydrogens (tertiary/aromatic N) is 2. The van der Waals surface area contributed by atoms with E-state index in [2.05, 4.69) is 10.6 Å². The van der Waals surface area contributed by atoms with Crippen molar-refractivity contribution in [3.8, 4) is 17.1 Å². The average Bonchev–Trinajstić information content (AvgIpc) is 3.56. The number of fused-ring (bicyclic) bond motifs is 1. The molecule has 9 heteroatoms. The summed E-state index contributed by atoms with van der Waals surface area (Å²) in [6, 6.07) is 15.3. The molecule has 2 heterocycles. The molecule has 0 spiro atoms. The van der Waals surface area contributed by atoms with Gasteiger partial charge in [0, 0.05) is 40.8 Å². The molecule has 1 aliphatic heterocycles. The summed E-state index contributed by atoms with van der Waals surface area (Å²) in [7, 11) is 0. The molecule has 0 bridgehead atoms. The number of carbonyl (C=O) groups is 1. The normalized spacial score (nSPS) is 14.8. The highest BCUT2D eigenvalue weighted by atomic mass is 16.5. The van der Waals surface area contributed by atoms with Crippen LogP contribution in [-0.4, -0.2) is 34.7 Å². The van der Waals surface area contributed by atoms with Gasteiger partial charge in [-0.25, -0.2) is 9.97 Å². The van der Waals surface area contributed by atoms with Crippen LogP contribution >= 0.6 is 0 Å². The molecule has 0 radical (unpaired) electrons. The number of allylic oxidation sites excluding steroid dienone is 1. The van der Waals surface area contributed by atoms with Crippen molar-refractivity contribution in [3.05, 3.63) is 71.6 Å². The van der Waals surface area contributed by atoms with E-state index in [9.17, 15) is 4.79 Å². The fourth-order valence-electron chi connectivity index (χ4n) is 3.76.